The number of aromatic amines is 1. The fraction of sp³-hybridized carbons (Fsp3) is 0.438. The van der Waals surface area contributed by atoms with Crippen molar-refractivity contribution in [1.82, 2.24) is 24.9 Å². The third-order valence-electron chi connectivity index (χ3n) is 4.85. The van der Waals surface area contributed by atoms with E-state index in [1.54, 1.807) is 0 Å². The molecule has 27 heavy (non-hydrogen) atoms. The van der Waals surface area contributed by atoms with E-state index in [0.29, 0.717) is 5.69 Å². The smallest absolute Gasteiger partial charge is 0.383 e. The Morgan fingerprint density at radius 1 is 1.37 bits per heavy atom. The van der Waals surface area contributed by atoms with E-state index in [9.17, 15) is 13.2 Å². The molecule has 0 radical (unpaired) electrons. The molecule has 0 fully saturated rings. The number of nitrogens with two attached hydrogens (primary N) is 1. The van der Waals surface area contributed by atoms with Crippen molar-refractivity contribution in [3.8, 4) is 0 Å². The van der Waals surface area contributed by atoms with Gasteiger partial charge >= 0.3 is 6.18 Å². The van der Waals surface area contributed by atoms with Crippen LogP contribution in [0.25, 0.3) is 0 Å². The van der Waals surface area contributed by atoms with Gasteiger partial charge in [0.2, 0.25) is 0 Å². The average Bonchev–Trinajstić information content (AvgIpc) is 3.25. The molecule has 4 rings (SSSR count). The van der Waals surface area contributed by atoms with Gasteiger partial charge in [0.05, 0.1) is 29.3 Å². The summed E-state index contributed by atoms with van der Waals surface area (Å²) in [7, 11) is 1.51. The highest BCUT2D eigenvalue weighted by Crippen LogP contribution is 2.34. The summed E-state index contributed by atoms with van der Waals surface area (Å²) >= 11 is 0. The van der Waals surface area contributed by atoms with Crippen LogP contribution < -0.4 is 11.1 Å². The fourth-order valence-corrected chi connectivity index (χ4v) is 3.42. The number of fused-ring (bicyclic) bond motifs is 1. The lowest BCUT2D eigenvalue weighted by Crippen LogP contribution is -2.42. The molecule has 2 atom stereocenters. The summed E-state index contributed by atoms with van der Waals surface area (Å²) in [6.45, 7) is 1.83. The molecule has 0 spiro atoms. The number of aryl methyl sites for hydroxylation is 2. The summed E-state index contributed by atoms with van der Waals surface area (Å²) in [6, 6.07) is 0.0612. The lowest BCUT2D eigenvalue weighted by molar-refractivity contribution is -0.0877. The van der Waals surface area contributed by atoms with Crippen molar-refractivity contribution in [3.05, 3.63) is 41.1 Å². The van der Waals surface area contributed by atoms with Gasteiger partial charge in [-0.1, -0.05) is 0 Å². The highest BCUT2D eigenvalue weighted by Gasteiger charge is 2.39. The Bertz CT molecular complexity index is 922. The number of nitrogens with one attached hydrogen (secondary N) is 2. The number of hydrogen-bond donors (Lipinski definition) is 3. The molecule has 1 aliphatic carbocycles. The lowest BCUT2D eigenvalue weighted by atomic mass is 10.2. The van der Waals surface area contributed by atoms with E-state index in [0.717, 1.165) is 30.4 Å². The van der Waals surface area contributed by atoms with Crippen LogP contribution in [0.3, 0.4) is 0 Å². The van der Waals surface area contributed by atoms with E-state index in [4.69, 9.17) is 5.73 Å². The molecule has 2 aromatic rings. The second kappa shape index (κ2) is 6.03. The SMILES string of the molecule is Cc1nn(C2CCc3cn[nH]c32)cc1NC1N=C(N)C(C(F)(F)F)=CN1C. The molecule has 0 saturated heterocycles. The highest BCUT2D eigenvalue weighted by atomic mass is 19.4. The first-order valence-corrected chi connectivity index (χ1v) is 8.43. The molecular weight excluding hydrogens is 361 g/mol. The molecule has 2 aliphatic rings. The fourth-order valence-electron chi connectivity index (χ4n) is 3.42. The molecule has 3 heterocycles. The third kappa shape index (κ3) is 3.02. The van der Waals surface area contributed by atoms with Gasteiger partial charge in [-0.15, -0.1) is 0 Å². The summed E-state index contributed by atoms with van der Waals surface area (Å²) in [4.78, 5) is 5.28. The van der Waals surface area contributed by atoms with Gasteiger partial charge in [0, 0.05) is 19.4 Å². The summed E-state index contributed by atoms with van der Waals surface area (Å²) in [6.07, 6.45) is 1.15. The van der Waals surface area contributed by atoms with Gasteiger partial charge in [-0.25, -0.2) is 4.99 Å². The molecule has 4 N–H and O–H groups in total. The second-order valence-electron chi connectivity index (χ2n) is 6.71. The molecule has 0 bridgehead atoms. The van der Waals surface area contributed by atoms with Gasteiger partial charge in [-0.05, 0) is 25.3 Å². The lowest BCUT2D eigenvalue weighted by Gasteiger charge is -2.30. The molecule has 0 saturated carbocycles. The molecule has 0 amide bonds. The first kappa shape index (κ1) is 17.4. The topological polar surface area (TPSA) is 100 Å². The van der Waals surface area contributed by atoms with Crippen LogP contribution in [0.2, 0.25) is 0 Å². The van der Waals surface area contributed by atoms with Crippen molar-refractivity contribution < 1.29 is 13.2 Å². The number of rotatable bonds is 3. The maximum Gasteiger partial charge on any atom is 0.421 e. The molecule has 144 valence electrons. The van der Waals surface area contributed by atoms with E-state index in [1.165, 1.54) is 17.5 Å². The Morgan fingerprint density at radius 3 is 2.89 bits per heavy atom. The van der Waals surface area contributed by atoms with Crippen molar-refractivity contribution in [3.63, 3.8) is 0 Å². The van der Waals surface area contributed by atoms with Crippen LogP contribution in [0, 0.1) is 6.92 Å². The summed E-state index contributed by atoms with van der Waals surface area (Å²) < 4.78 is 40.7. The van der Waals surface area contributed by atoms with Gasteiger partial charge in [0.15, 0.2) is 6.29 Å². The van der Waals surface area contributed by atoms with Crippen LogP contribution in [0.15, 0.2) is 29.2 Å². The van der Waals surface area contributed by atoms with Crippen LogP contribution >= 0.6 is 0 Å². The Morgan fingerprint density at radius 2 is 2.15 bits per heavy atom. The molecule has 0 aromatic carbocycles. The number of halogens is 3. The minimum atomic E-state index is -4.54. The molecule has 8 nitrogen and oxygen atoms in total. The normalized spacial score (nSPS) is 22.5. The number of anilines is 1. The first-order valence-electron chi connectivity index (χ1n) is 8.43. The number of H-pyrrole nitrogens is 1. The number of hydrogen-bond acceptors (Lipinski definition) is 6. The largest absolute Gasteiger partial charge is 0.421 e. The summed E-state index contributed by atoms with van der Waals surface area (Å²) in [5, 5.41) is 14.7. The van der Waals surface area contributed by atoms with Crippen LogP contribution in [-0.2, 0) is 6.42 Å². The Hall–Kier alpha value is -2.98. The van der Waals surface area contributed by atoms with E-state index in [-0.39, 0.29) is 6.04 Å². The second-order valence-corrected chi connectivity index (χ2v) is 6.71. The number of aromatic nitrogens is 4. The highest BCUT2D eigenvalue weighted by molar-refractivity contribution is 5.98. The maximum absolute atomic E-state index is 13.0. The van der Waals surface area contributed by atoms with Crippen molar-refractivity contribution in [2.24, 2.45) is 10.7 Å². The van der Waals surface area contributed by atoms with Gasteiger partial charge in [0.25, 0.3) is 0 Å². The van der Waals surface area contributed by atoms with Crippen LogP contribution in [0.5, 0.6) is 0 Å². The van der Waals surface area contributed by atoms with Gasteiger partial charge in [-0.2, -0.15) is 23.4 Å². The molecule has 2 unspecified atom stereocenters. The number of aliphatic imine (C=N–C) groups is 1. The Labute approximate surface area is 152 Å². The van der Waals surface area contributed by atoms with Gasteiger partial charge in [-0.3, -0.25) is 9.78 Å². The molecule has 1 aliphatic heterocycles. The Kier molecular flexibility index (Phi) is 3.89. The average molecular weight is 380 g/mol. The van der Waals surface area contributed by atoms with Crippen molar-refractivity contribution in [2.75, 3.05) is 12.4 Å². The minimum Gasteiger partial charge on any atom is -0.383 e. The molecule has 11 heteroatoms. The molecule has 2 aromatic heterocycles. The van der Waals surface area contributed by atoms with E-state index in [2.05, 4.69) is 25.6 Å². The van der Waals surface area contributed by atoms with Crippen molar-refractivity contribution in [1.29, 1.82) is 0 Å². The van der Waals surface area contributed by atoms with Crippen molar-refractivity contribution >= 4 is 11.5 Å². The van der Waals surface area contributed by atoms with E-state index in [1.807, 2.05) is 24.0 Å². The number of alkyl halides is 3. The zero-order valence-corrected chi connectivity index (χ0v) is 14.7. The van der Waals surface area contributed by atoms with Gasteiger partial charge in [0.1, 0.15) is 11.4 Å². The third-order valence-corrected chi connectivity index (χ3v) is 4.85. The van der Waals surface area contributed by atoms with E-state index < -0.39 is 23.9 Å². The maximum atomic E-state index is 13.0. The monoisotopic (exact) mass is 380 g/mol. The quantitative estimate of drug-likeness (QED) is 0.755. The number of amidine groups is 1. The first-order chi connectivity index (χ1) is 12.7. The molecular formula is C16H19F3N8. The predicted molar refractivity (Wildman–Crippen MR) is 92.9 cm³/mol. The number of nitrogens with zero attached hydrogens (tertiary/aromatic N) is 5. The van der Waals surface area contributed by atoms with Crippen LogP contribution in [0.4, 0.5) is 18.9 Å². The standard InChI is InChI=1S/C16H19F3N8/c1-8-11(7-27(25-8)12-4-3-9-5-21-24-13(9)12)22-15-23-14(20)10(6-26(15)2)16(17,18)19/h5-7,12,15,22H,3-4H2,1-2H3,(H2,20,23)(H,21,24). The summed E-state index contributed by atoms with van der Waals surface area (Å²) in [5.41, 5.74) is 8.19. The summed E-state index contributed by atoms with van der Waals surface area (Å²) in [5.74, 6) is -0.541. The van der Waals surface area contributed by atoms with Crippen LogP contribution in [0.1, 0.15) is 29.4 Å². The van der Waals surface area contributed by atoms with Crippen molar-refractivity contribution in [2.45, 2.75) is 38.3 Å². The zero-order chi connectivity index (χ0) is 19.3. The zero-order valence-electron chi connectivity index (χ0n) is 14.7. The van der Waals surface area contributed by atoms with E-state index >= 15 is 0 Å². The Balaban J connectivity index is 1.55. The predicted octanol–water partition coefficient (Wildman–Crippen LogP) is 1.89. The van der Waals surface area contributed by atoms with Gasteiger partial charge < -0.3 is 16.0 Å². The minimum absolute atomic E-state index is 0.0612. The van der Waals surface area contributed by atoms with Crippen LogP contribution in [-0.4, -0.2) is 50.2 Å².